The Morgan fingerprint density at radius 2 is 1.49 bits per heavy atom. The van der Waals surface area contributed by atoms with Gasteiger partial charge in [0.1, 0.15) is 24.2 Å². The van der Waals surface area contributed by atoms with Crippen LogP contribution in [0.3, 0.4) is 0 Å². The van der Waals surface area contributed by atoms with E-state index in [0.717, 1.165) is 23.6 Å². The van der Waals surface area contributed by atoms with Gasteiger partial charge in [-0.15, -0.1) is 11.8 Å². The molecule has 0 bridgehead atoms. The fourth-order valence-corrected chi connectivity index (χ4v) is 6.52. The van der Waals surface area contributed by atoms with Crippen LogP contribution in [0, 0.1) is 0 Å². The van der Waals surface area contributed by atoms with E-state index in [1.807, 2.05) is 29.8 Å². The maximum atomic E-state index is 12.6. The number of benzene rings is 2. The Kier molecular flexibility index (Phi) is 17.3. The van der Waals surface area contributed by atoms with Gasteiger partial charge in [-0.1, -0.05) is 102 Å². The van der Waals surface area contributed by atoms with Gasteiger partial charge in [0.05, 0.1) is 12.5 Å². The lowest BCUT2D eigenvalue weighted by Gasteiger charge is -2.19. The Bertz CT molecular complexity index is 1120. The highest BCUT2D eigenvalue weighted by Crippen LogP contribution is 2.44. The predicted octanol–water partition coefficient (Wildman–Crippen LogP) is 9.50. The molecule has 1 N–H and O–H groups in total. The molecule has 3 rings (SSSR count). The van der Waals surface area contributed by atoms with Crippen molar-refractivity contribution in [1.82, 2.24) is 4.90 Å². The van der Waals surface area contributed by atoms with Crippen molar-refractivity contribution in [3.05, 3.63) is 71.3 Å². The molecule has 7 nitrogen and oxygen atoms in total. The van der Waals surface area contributed by atoms with E-state index < -0.39 is 13.9 Å². The van der Waals surface area contributed by atoms with Crippen molar-refractivity contribution in [3.8, 4) is 11.5 Å². The second-order valence-electron chi connectivity index (χ2n) is 11.3. The number of rotatable bonds is 24. The number of phosphoric acid groups is 1. The molecule has 0 aliphatic carbocycles. The minimum atomic E-state index is -4.34. The van der Waals surface area contributed by atoms with Gasteiger partial charge in [0, 0.05) is 19.9 Å². The molecule has 0 radical (unpaired) electrons. The first kappa shape index (κ1) is 35.5. The Hall–Kier alpha value is -1.96. The van der Waals surface area contributed by atoms with Crippen molar-refractivity contribution < 1.29 is 28.0 Å². The molecule has 2 aromatic rings. The molecule has 2 aromatic carbocycles. The molecule has 9 heteroatoms. The molecule has 1 aliphatic heterocycles. The average Bonchev–Trinajstić information content (AvgIpc) is 3.51. The van der Waals surface area contributed by atoms with Crippen molar-refractivity contribution in [2.45, 2.75) is 103 Å². The molecular formula is C34H52NO6PS. The van der Waals surface area contributed by atoms with Gasteiger partial charge in [0.15, 0.2) is 0 Å². The van der Waals surface area contributed by atoms with Crippen LogP contribution in [0.1, 0.15) is 95.1 Å². The molecule has 0 aromatic heterocycles. The standard InChI is InChI=1S/C34H52NO6PS/c1-3-4-5-6-7-8-9-10-11-12-13-14-17-30-18-15-20-32(24-30)39-27-34(38-2)28-40-42(36,37)41-33-21-16-19-31(25-33)26-35-22-23-43-29-35/h15-16,18-25,34H,3-14,17,26-29H2,1-2H3,(H,36,37). The van der Waals surface area contributed by atoms with Gasteiger partial charge in [-0.25, -0.2) is 4.57 Å². The number of unbranched alkanes of at least 4 members (excludes halogenated alkanes) is 11. The second-order valence-corrected chi connectivity index (χ2v) is 13.5. The largest absolute Gasteiger partial charge is 0.527 e. The summed E-state index contributed by atoms with van der Waals surface area (Å²) in [6.07, 6.45) is 18.7. The number of nitrogens with zero attached hydrogens (tertiary/aromatic N) is 1. The summed E-state index contributed by atoms with van der Waals surface area (Å²) < 4.78 is 34.6. The molecule has 1 aliphatic rings. The van der Waals surface area contributed by atoms with Crippen molar-refractivity contribution >= 4 is 19.6 Å². The first-order valence-electron chi connectivity index (χ1n) is 16.0. The number of methoxy groups -OCH3 is 1. The smallest absolute Gasteiger partial charge is 0.491 e. The quantitative estimate of drug-likeness (QED) is 0.0905. The van der Waals surface area contributed by atoms with Gasteiger partial charge in [-0.2, -0.15) is 0 Å². The summed E-state index contributed by atoms with van der Waals surface area (Å²) in [5.74, 6) is 1.93. The topological polar surface area (TPSA) is 77.5 Å². The van der Waals surface area contributed by atoms with Crippen LogP contribution >= 0.6 is 19.6 Å². The fraction of sp³-hybridized carbons (Fsp3) is 0.588. The lowest BCUT2D eigenvalue weighted by molar-refractivity contribution is 0.0161. The van der Waals surface area contributed by atoms with Gasteiger partial charge in [0.25, 0.3) is 0 Å². The van der Waals surface area contributed by atoms with Gasteiger partial charge in [0.2, 0.25) is 0 Å². The van der Waals surface area contributed by atoms with Crippen molar-refractivity contribution in [2.24, 2.45) is 0 Å². The number of hydrogen-bond donors (Lipinski definition) is 1. The summed E-state index contributed by atoms with van der Waals surface area (Å²) in [5, 5.41) is 2.04. The monoisotopic (exact) mass is 633 g/mol. The molecule has 1 heterocycles. The normalized spacial score (nSPS) is 15.0. The zero-order valence-corrected chi connectivity index (χ0v) is 27.9. The Balaban J connectivity index is 1.30. The van der Waals surface area contributed by atoms with E-state index in [0.29, 0.717) is 6.54 Å². The SMILES string of the molecule is CCCCCCCCCCCCCCc1cccc(OCC(COP(=O)(O)Oc2cccc(CN3C=CSC3)c2)OC)c1. The van der Waals surface area contributed by atoms with E-state index in [4.69, 9.17) is 18.5 Å². The number of ether oxygens (including phenoxy) is 2. The highest BCUT2D eigenvalue weighted by Gasteiger charge is 2.25. The van der Waals surface area contributed by atoms with Crippen LogP contribution in [0.25, 0.3) is 0 Å². The molecule has 240 valence electrons. The lowest BCUT2D eigenvalue weighted by atomic mass is 10.0. The maximum Gasteiger partial charge on any atom is 0.527 e. The number of hydrogen-bond acceptors (Lipinski definition) is 7. The van der Waals surface area contributed by atoms with Crippen molar-refractivity contribution in [2.75, 3.05) is 26.2 Å². The predicted molar refractivity (Wildman–Crippen MR) is 178 cm³/mol. The van der Waals surface area contributed by atoms with Gasteiger partial charge >= 0.3 is 7.82 Å². The van der Waals surface area contributed by atoms with Crippen LogP contribution in [0.4, 0.5) is 0 Å². The van der Waals surface area contributed by atoms with E-state index >= 15 is 0 Å². The summed E-state index contributed by atoms with van der Waals surface area (Å²) >= 11 is 1.73. The second kappa shape index (κ2) is 20.9. The molecule has 2 atom stereocenters. The third-order valence-electron chi connectivity index (χ3n) is 7.52. The Morgan fingerprint density at radius 3 is 2.14 bits per heavy atom. The van der Waals surface area contributed by atoms with E-state index in [-0.39, 0.29) is 19.0 Å². The van der Waals surface area contributed by atoms with Crippen LogP contribution in [-0.4, -0.2) is 42.1 Å². The molecular weight excluding hydrogens is 581 g/mol. The van der Waals surface area contributed by atoms with Crippen molar-refractivity contribution in [3.63, 3.8) is 0 Å². The highest BCUT2D eigenvalue weighted by molar-refractivity contribution is 8.02. The van der Waals surface area contributed by atoms with E-state index in [1.165, 1.54) is 89.7 Å². The first-order valence-corrected chi connectivity index (χ1v) is 18.5. The minimum absolute atomic E-state index is 0.141. The van der Waals surface area contributed by atoms with E-state index in [1.54, 1.807) is 30.0 Å². The summed E-state index contributed by atoms with van der Waals surface area (Å²) in [7, 11) is -2.81. The third kappa shape index (κ3) is 15.6. The number of thioether (sulfide) groups is 1. The number of phosphoric ester groups is 1. The van der Waals surface area contributed by atoms with Crippen LogP contribution in [-0.2, 0) is 26.8 Å². The van der Waals surface area contributed by atoms with Crippen LogP contribution in [0.2, 0.25) is 0 Å². The van der Waals surface area contributed by atoms with E-state index in [2.05, 4.69) is 24.0 Å². The highest BCUT2D eigenvalue weighted by atomic mass is 32.2. The van der Waals surface area contributed by atoms with Gasteiger partial charge in [-0.05, 0) is 53.6 Å². The molecule has 0 spiro atoms. The van der Waals surface area contributed by atoms with Crippen molar-refractivity contribution in [1.29, 1.82) is 0 Å². The summed E-state index contributed by atoms with van der Waals surface area (Å²) in [5.41, 5.74) is 2.23. The average molecular weight is 634 g/mol. The van der Waals surface area contributed by atoms with Gasteiger partial charge in [-0.3, -0.25) is 9.42 Å². The molecule has 0 fully saturated rings. The fourth-order valence-electron chi connectivity index (χ4n) is 5.02. The van der Waals surface area contributed by atoms with E-state index in [9.17, 15) is 9.46 Å². The molecule has 43 heavy (non-hydrogen) atoms. The third-order valence-corrected chi connectivity index (χ3v) is 9.24. The molecule has 2 unspecified atom stereocenters. The Labute approximate surface area is 264 Å². The molecule has 0 amide bonds. The summed E-state index contributed by atoms with van der Waals surface area (Å²) in [4.78, 5) is 12.5. The maximum absolute atomic E-state index is 12.6. The Morgan fingerprint density at radius 1 is 0.860 bits per heavy atom. The van der Waals surface area contributed by atoms with Crippen LogP contribution < -0.4 is 9.26 Å². The molecule has 0 saturated heterocycles. The minimum Gasteiger partial charge on any atom is -0.491 e. The van der Waals surface area contributed by atoms with Gasteiger partial charge < -0.3 is 18.9 Å². The zero-order valence-electron chi connectivity index (χ0n) is 26.2. The first-order chi connectivity index (χ1) is 21.0. The van der Waals surface area contributed by atoms with Crippen LogP contribution in [0.15, 0.2) is 60.1 Å². The number of aryl methyl sites for hydroxylation is 1. The zero-order chi connectivity index (χ0) is 30.6. The summed E-state index contributed by atoms with van der Waals surface area (Å²) in [6.45, 7) is 3.01. The summed E-state index contributed by atoms with van der Waals surface area (Å²) in [6, 6.07) is 15.3. The lowest BCUT2D eigenvalue weighted by Crippen LogP contribution is -2.25. The van der Waals surface area contributed by atoms with Crippen LogP contribution in [0.5, 0.6) is 11.5 Å². The molecule has 0 saturated carbocycles.